The highest BCUT2D eigenvalue weighted by Crippen LogP contribution is 2.16. The topological polar surface area (TPSA) is 72.4 Å². The van der Waals surface area contributed by atoms with Crippen LogP contribution in [0.5, 0.6) is 5.75 Å². The molecule has 0 aliphatic rings. The van der Waals surface area contributed by atoms with Gasteiger partial charge in [-0.1, -0.05) is 0 Å². The third kappa shape index (κ3) is 2.55. The van der Waals surface area contributed by atoms with E-state index in [1.807, 2.05) is 0 Å². The summed E-state index contributed by atoms with van der Waals surface area (Å²) in [4.78, 5) is 21.1. The molecule has 0 saturated heterocycles. The van der Waals surface area contributed by atoms with Gasteiger partial charge >= 0.3 is 6.09 Å². The maximum absolute atomic E-state index is 10.8. The van der Waals surface area contributed by atoms with E-state index in [1.54, 1.807) is 0 Å². The molecule has 1 aromatic rings. The molecule has 0 unspecified atom stereocenters. The van der Waals surface area contributed by atoms with Gasteiger partial charge in [-0.15, -0.1) is 0 Å². The van der Waals surface area contributed by atoms with Gasteiger partial charge in [0.1, 0.15) is 5.75 Å². The molecule has 1 aromatic carbocycles. The van der Waals surface area contributed by atoms with E-state index in [1.165, 1.54) is 31.3 Å². The SMILES string of the molecule is C[N+](=O)c1ccc(OC(N)=O)cc1. The van der Waals surface area contributed by atoms with Crippen molar-refractivity contribution < 1.29 is 14.3 Å². The lowest BCUT2D eigenvalue weighted by Gasteiger charge is -1.97. The average molecular weight is 181 g/mol. The predicted octanol–water partition coefficient (Wildman–Crippen LogP) is 1.18. The van der Waals surface area contributed by atoms with E-state index in [9.17, 15) is 9.70 Å². The molecule has 5 heteroatoms. The minimum Gasteiger partial charge on any atom is -0.410 e. The number of benzene rings is 1. The zero-order chi connectivity index (χ0) is 9.84. The number of hydrogen-bond donors (Lipinski definition) is 1. The summed E-state index contributed by atoms with van der Waals surface area (Å²) >= 11 is 0. The number of nitrogens with two attached hydrogens (primary N) is 1. The predicted molar refractivity (Wildman–Crippen MR) is 45.9 cm³/mol. The Morgan fingerprint density at radius 1 is 1.38 bits per heavy atom. The molecule has 0 spiro atoms. The van der Waals surface area contributed by atoms with E-state index in [2.05, 4.69) is 4.74 Å². The van der Waals surface area contributed by atoms with E-state index in [4.69, 9.17) is 5.73 Å². The highest BCUT2D eigenvalue weighted by atomic mass is 16.5. The number of nitrogens with zero attached hydrogens (tertiary/aromatic N) is 1. The lowest BCUT2D eigenvalue weighted by molar-refractivity contribution is -0.428. The van der Waals surface area contributed by atoms with Crippen LogP contribution in [0.15, 0.2) is 24.3 Å². The number of ether oxygens (including phenoxy) is 1. The van der Waals surface area contributed by atoms with Gasteiger partial charge in [0, 0.05) is 21.8 Å². The van der Waals surface area contributed by atoms with Crippen molar-refractivity contribution in [2.45, 2.75) is 0 Å². The van der Waals surface area contributed by atoms with E-state index in [0.29, 0.717) is 16.2 Å². The van der Waals surface area contributed by atoms with E-state index in [-0.39, 0.29) is 0 Å². The number of primary amides is 1. The van der Waals surface area contributed by atoms with Gasteiger partial charge in [0.15, 0.2) is 7.05 Å². The Kier molecular flexibility index (Phi) is 2.59. The van der Waals surface area contributed by atoms with Gasteiger partial charge in [-0.2, -0.15) is 0 Å². The van der Waals surface area contributed by atoms with Crippen molar-refractivity contribution in [3.63, 3.8) is 0 Å². The Balaban J connectivity index is 2.81. The summed E-state index contributed by atoms with van der Waals surface area (Å²) in [5.41, 5.74) is 5.27. The van der Waals surface area contributed by atoms with Gasteiger partial charge in [-0.25, -0.2) is 4.79 Å². The van der Waals surface area contributed by atoms with Crippen molar-refractivity contribution in [1.29, 1.82) is 0 Å². The maximum Gasteiger partial charge on any atom is 0.409 e. The molecule has 0 fully saturated rings. The van der Waals surface area contributed by atoms with Gasteiger partial charge in [0.05, 0.1) is 0 Å². The lowest BCUT2D eigenvalue weighted by Crippen LogP contribution is -2.16. The Morgan fingerprint density at radius 2 is 1.92 bits per heavy atom. The fraction of sp³-hybridized carbons (Fsp3) is 0.125. The van der Waals surface area contributed by atoms with Crippen LogP contribution in [-0.2, 0) is 0 Å². The van der Waals surface area contributed by atoms with Crippen LogP contribution in [0.4, 0.5) is 10.5 Å². The summed E-state index contributed by atoms with van der Waals surface area (Å²) in [7, 11) is 1.38. The molecule has 0 bridgehead atoms. The first kappa shape index (κ1) is 9.18. The minimum atomic E-state index is -0.872. The van der Waals surface area contributed by atoms with E-state index in [0.717, 1.165) is 0 Å². The fourth-order valence-electron chi connectivity index (χ4n) is 0.840. The number of rotatable bonds is 2. The Hall–Kier alpha value is -1.91. The van der Waals surface area contributed by atoms with Crippen LogP contribution in [0, 0.1) is 4.91 Å². The number of carbonyl (C=O) groups excluding carboxylic acids is 1. The molecule has 13 heavy (non-hydrogen) atoms. The van der Waals surface area contributed by atoms with Crippen LogP contribution in [0.1, 0.15) is 0 Å². The second kappa shape index (κ2) is 3.66. The monoisotopic (exact) mass is 181 g/mol. The van der Waals surface area contributed by atoms with Crippen molar-refractivity contribution in [3.8, 4) is 5.75 Å². The van der Waals surface area contributed by atoms with Crippen LogP contribution in [-0.4, -0.2) is 17.9 Å². The van der Waals surface area contributed by atoms with Gasteiger partial charge in [0.25, 0.3) is 5.69 Å². The number of nitroso groups, excluding NO2 is 1. The molecular weight excluding hydrogens is 172 g/mol. The first-order valence-electron chi connectivity index (χ1n) is 3.58. The third-order valence-electron chi connectivity index (χ3n) is 1.42. The molecule has 5 nitrogen and oxygen atoms in total. The smallest absolute Gasteiger partial charge is 0.409 e. The van der Waals surface area contributed by atoms with Crippen molar-refractivity contribution in [2.24, 2.45) is 5.73 Å². The largest absolute Gasteiger partial charge is 0.410 e. The highest BCUT2D eigenvalue weighted by molar-refractivity contribution is 5.68. The molecule has 0 radical (unpaired) electrons. The normalized spacial score (nSPS) is 9.31. The molecule has 0 aliphatic carbocycles. The first-order chi connectivity index (χ1) is 6.09. The number of carbonyl (C=O) groups is 1. The van der Waals surface area contributed by atoms with Crippen molar-refractivity contribution in [2.75, 3.05) is 7.05 Å². The second-order valence-corrected chi connectivity index (χ2v) is 2.41. The summed E-state index contributed by atoms with van der Waals surface area (Å²) in [6.07, 6.45) is -0.872. The van der Waals surface area contributed by atoms with Gasteiger partial charge in [-0.05, 0) is 12.1 Å². The Bertz CT molecular complexity index is 332. The third-order valence-corrected chi connectivity index (χ3v) is 1.42. The molecule has 0 aromatic heterocycles. The standard InChI is InChI=1S/C8H8N2O3/c1-10(12)6-2-4-7(5-3-6)13-8(9)11/h2-5H,1H3,(H-,9,11)/p+1. The molecule has 0 saturated carbocycles. The van der Waals surface area contributed by atoms with Crippen LogP contribution in [0.3, 0.4) is 0 Å². The maximum atomic E-state index is 10.8. The molecule has 0 aliphatic heterocycles. The molecular formula is C8H9N2O3+. The molecule has 0 atom stereocenters. The van der Waals surface area contributed by atoms with Crippen molar-refractivity contribution in [3.05, 3.63) is 29.2 Å². The Morgan fingerprint density at radius 3 is 2.31 bits per heavy atom. The molecule has 1 rings (SSSR count). The number of amides is 1. The molecule has 0 heterocycles. The first-order valence-corrected chi connectivity index (χ1v) is 3.58. The summed E-state index contributed by atoms with van der Waals surface area (Å²) in [5, 5.41) is 0. The zero-order valence-electron chi connectivity index (χ0n) is 7.06. The lowest BCUT2D eigenvalue weighted by atomic mass is 10.3. The highest BCUT2D eigenvalue weighted by Gasteiger charge is 2.06. The van der Waals surface area contributed by atoms with Crippen molar-refractivity contribution >= 4 is 11.8 Å². The van der Waals surface area contributed by atoms with Crippen LogP contribution >= 0.6 is 0 Å². The molecule has 68 valence electrons. The summed E-state index contributed by atoms with van der Waals surface area (Å²) < 4.78 is 5.27. The van der Waals surface area contributed by atoms with Gasteiger partial charge in [0.2, 0.25) is 0 Å². The minimum absolute atomic E-state index is 0.318. The zero-order valence-corrected chi connectivity index (χ0v) is 7.06. The van der Waals surface area contributed by atoms with Crippen LogP contribution in [0.25, 0.3) is 0 Å². The molecule has 1 amide bonds. The number of hydrogen-bond acceptors (Lipinski definition) is 3. The second-order valence-electron chi connectivity index (χ2n) is 2.41. The summed E-state index contributed by atoms with van der Waals surface area (Å²) in [6, 6.07) is 6.06. The molecule has 2 N–H and O–H groups in total. The average Bonchev–Trinajstić information content (AvgIpc) is 2.04. The van der Waals surface area contributed by atoms with Gasteiger partial charge < -0.3 is 10.5 Å². The van der Waals surface area contributed by atoms with Crippen LogP contribution < -0.4 is 10.5 Å². The fourth-order valence-corrected chi connectivity index (χ4v) is 0.840. The quantitative estimate of drug-likeness (QED) is 0.696. The Labute approximate surface area is 74.7 Å². The van der Waals surface area contributed by atoms with Gasteiger partial charge in [-0.3, -0.25) is 0 Å². The summed E-state index contributed by atoms with van der Waals surface area (Å²) in [5.74, 6) is 0.318. The van der Waals surface area contributed by atoms with E-state index < -0.39 is 6.09 Å². The summed E-state index contributed by atoms with van der Waals surface area (Å²) in [6.45, 7) is 0. The van der Waals surface area contributed by atoms with Crippen LogP contribution in [0.2, 0.25) is 0 Å². The van der Waals surface area contributed by atoms with E-state index >= 15 is 0 Å². The van der Waals surface area contributed by atoms with Crippen molar-refractivity contribution in [1.82, 2.24) is 0 Å².